The quantitative estimate of drug-likeness (QED) is 0.581. The molecular formula is C8H8BrClN2S. The fourth-order valence-corrected chi connectivity index (χ4v) is 1.55. The summed E-state index contributed by atoms with van der Waals surface area (Å²) in [6, 6.07) is 1.86. The molecule has 0 unspecified atom stereocenters. The van der Waals surface area contributed by atoms with E-state index in [2.05, 4.69) is 20.9 Å². The Balaban J connectivity index is 3.13. The molecule has 0 aliphatic carbocycles. The van der Waals surface area contributed by atoms with Crippen LogP contribution in [0.4, 0.5) is 0 Å². The number of thiocarbonyl (C=S) groups is 1. The van der Waals surface area contributed by atoms with Crippen LogP contribution in [-0.4, -0.2) is 29.0 Å². The molecule has 0 aromatic carbocycles. The molecule has 5 heteroatoms. The smallest absolute Gasteiger partial charge is 0.139 e. The minimum atomic E-state index is 0.432. The van der Waals surface area contributed by atoms with Gasteiger partial charge in [-0.2, -0.15) is 0 Å². The van der Waals surface area contributed by atoms with Crippen molar-refractivity contribution in [2.45, 2.75) is 0 Å². The molecule has 0 saturated heterocycles. The zero-order valence-corrected chi connectivity index (χ0v) is 10.4. The average Bonchev–Trinajstić information content (AvgIpc) is 2.08. The highest BCUT2D eigenvalue weighted by Gasteiger charge is 2.09. The lowest BCUT2D eigenvalue weighted by atomic mass is 10.3. The Bertz CT molecular complexity index is 341. The van der Waals surface area contributed by atoms with E-state index in [-0.39, 0.29) is 0 Å². The molecule has 0 bridgehead atoms. The van der Waals surface area contributed by atoms with Crippen molar-refractivity contribution in [2.24, 2.45) is 0 Å². The first-order valence-electron chi connectivity index (χ1n) is 3.55. The van der Waals surface area contributed by atoms with E-state index in [0.717, 1.165) is 10.0 Å². The molecule has 0 fully saturated rings. The normalized spacial score (nSPS) is 9.85. The molecule has 2 nitrogen and oxygen atoms in total. The van der Waals surface area contributed by atoms with E-state index in [1.54, 1.807) is 6.20 Å². The summed E-state index contributed by atoms with van der Waals surface area (Å²) in [4.78, 5) is 6.49. The van der Waals surface area contributed by atoms with Gasteiger partial charge in [0.2, 0.25) is 0 Å². The highest BCUT2D eigenvalue weighted by atomic mass is 79.9. The third-order valence-corrected chi connectivity index (χ3v) is 2.76. The second-order valence-corrected chi connectivity index (χ2v) is 4.35. The van der Waals surface area contributed by atoms with Gasteiger partial charge in [0, 0.05) is 30.3 Å². The maximum Gasteiger partial charge on any atom is 0.139 e. The average molecular weight is 280 g/mol. The summed E-state index contributed by atoms with van der Waals surface area (Å²) in [7, 11) is 3.75. The van der Waals surface area contributed by atoms with E-state index in [4.69, 9.17) is 23.8 Å². The third kappa shape index (κ3) is 2.62. The summed E-state index contributed by atoms with van der Waals surface area (Å²) in [6.07, 6.45) is 1.64. The van der Waals surface area contributed by atoms with Gasteiger partial charge in [0.25, 0.3) is 0 Å². The zero-order valence-electron chi connectivity index (χ0n) is 7.21. The second kappa shape index (κ2) is 4.35. The van der Waals surface area contributed by atoms with E-state index in [0.29, 0.717) is 10.1 Å². The van der Waals surface area contributed by atoms with Crippen LogP contribution < -0.4 is 0 Å². The van der Waals surface area contributed by atoms with E-state index in [9.17, 15) is 0 Å². The molecule has 1 aromatic rings. The standard InChI is InChI=1S/C8H8BrClN2S/c1-12(2)8(13)6-3-5(9)4-11-7(6)10/h3-4H,1-2H3. The predicted octanol–water partition coefficient (Wildman–Crippen LogP) is 2.73. The molecule has 0 aliphatic heterocycles. The number of hydrogen-bond acceptors (Lipinski definition) is 2. The van der Waals surface area contributed by atoms with Gasteiger partial charge >= 0.3 is 0 Å². The molecule has 0 N–H and O–H groups in total. The van der Waals surface area contributed by atoms with Crippen molar-refractivity contribution in [2.75, 3.05) is 14.1 Å². The third-order valence-electron chi connectivity index (χ3n) is 1.44. The monoisotopic (exact) mass is 278 g/mol. The Labute approximate surface area is 96.0 Å². The Morgan fingerprint density at radius 2 is 2.23 bits per heavy atom. The molecule has 1 aromatic heterocycles. The number of pyridine rings is 1. The summed E-state index contributed by atoms with van der Waals surface area (Å²) in [5.41, 5.74) is 0.774. The van der Waals surface area contributed by atoms with Crippen molar-refractivity contribution in [1.82, 2.24) is 9.88 Å². The molecular weight excluding hydrogens is 272 g/mol. The van der Waals surface area contributed by atoms with Gasteiger partial charge < -0.3 is 4.90 Å². The highest BCUT2D eigenvalue weighted by molar-refractivity contribution is 9.10. The van der Waals surface area contributed by atoms with Crippen molar-refractivity contribution in [3.63, 3.8) is 0 Å². The lowest BCUT2D eigenvalue weighted by Crippen LogP contribution is -2.21. The van der Waals surface area contributed by atoms with E-state index < -0.39 is 0 Å². The van der Waals surface area contributed by atoms with Gasteiger partial charge in [-0.25, -0.2) is 4.98 Å². The second-order valence-electron chi connectivity index (χ2n) is 2.69. The minimum Gasteiger partial charge on any atom is -0.368 e. The molecule has 1 rings (SSSR count). The number of rotatable bonds is 1. The molecule has 0 atom stereocenters. The molecule has 0 aliphatic rings. The van der Waals surface area contributed by atoms with Gasteiger partial charge in [-0.15, -0.1) is 0 Å². The van der Waals surface area contributed by atoms with Gasteiger partial charge in [0.15, 0.2) is 0 Å². The fourth-order valence-electron chi connectivity index (χ4n) is 0.813. The van der Waals surface area contributed by atoms with E-state index >= 15 is 0 Å². The molecule has 0 saturated carbocycles. The minimum absolute atomic E-state index is 0.432. The largest absolute Gasteiger partial charge is 0.368 e. The van der Waals surface area contributed by atoms with Crippen LogP contribution in [0.25, 0.3) is 0 Å². The topological polar surface area (TPSA) is 16.1 Å². The molecule has 0 radical (unpaired) electrons. The van der Waals surface area contributed by atoms with Crippen LogP contribution in [0.15, 0.2) is 16.7 Å². The van der Waals surface area contributed by atoms with Crippen molar-refractivity contribution in [3.8, 4) is 0 Å². The van der Waals surface area contributed by atoms with Crippen LogP contribution in [0.2, 0.25) is 5.15 Å². The van der Waals surface area contributed by atoms with Crippen LogP contribution in [0.1, 0.15) is 5.56 Å². The molecule has 70 valence electrons. The van der Waals surface area contributed by atoms with Crippen LogP contribution in [0.3, 0.4) is 0 Å². The van der Waals surface area contributed by atoms with Crippen molar-refractivity contribution in [1.29, 1.82) is 0 Å². The number of halogens is 2. The SMILES string of the molecule is CN(C)C(=S)c1cc(Br)cnc1Cl. The van der Waals surface area contributed by atoms with Gasteiger partial charge in [0.05, 0.1) is 0 Å². The van der Waals surface area contributed by atoms with Crippen LogP contribution in [-0.2, 0) is 0 Å². The fraction of sp³-hybridized carbons (Fsp3) is 0.250. The molecule has 0 amide bonds. The van der Waals surface area contributed by atoms with Crippen molar-refractivity contribution in [3.05, 3.63) is 27.5 Å². The van der Waals surface area contributed by atoms with Crippen LogP contribution in [0, 0.1) is 0 Å². The number of hydrogen-bond donors (Lipinski definition) is 0. The van der Waals surface area contributed by atoms with Gasteiger partial charge in [-0.1, -0.05) is 23.8 Å². The first kappa shape index (κ1) is 10.9. The summed E-state index contributed by atoms with van der Waals surface area (Å²) >= 11 is 14.4. The Morgan fingerprint density at radius 1 is 1.62 bits per heavy atom. The van der Waals surface area contributed by atoms with Gasteiger partial charge in [-0.3, -0.25) is 0 Å². The summed E-state index contributed by atoms with van der Waals surface area (Å²) in [5.74, 6) is 0. The van der Waals surface area contributed by atoms with Gasteiger partial charge in [-0.05, 0) is 22.0 Å². The Hall–Kier alpha value is -0.190. The van der Waals surface area contributed by atoms with E-state index in [1.807, 2.05) is 25.1 Å². The van der Waals surface area contributed by atoms with Gasteiger partial charge in [0.1, 0.15) is 10.1 Å². The van der Waals surface area contributed by atoms with Crippen LogP contribution in [0.5, 0.6) is 0 Å². The molecule has 1 heterocycles. The lowest BCUT2D eigenvalue weighted by molar-refractivity contribution is 0.636. The first-order valence-corrected chi connectivity index (χ1v) is 5.13. The maximum absolute atomic E-state index is 5.89. The first-order chi connectivity index (χ1) is 6.02. The molecule has 0 spiro atoms. The highest BCUT2D eigenvalue weighted by Crippen LogP contribution is 2.19. The number of aromatic nitrogens is 1. The Kier molecular flexibility index (Phi) is 3.64. The molecule has 13 heavy (non-hydrogen) atoms. The zero-order chi connectivity index (χ0) is 10.0. The van der Waals surface area contributed by atoms with Crippen molar-refractivity contribution < 1.29 is 0 Å². The number of nitrogens with zero attached hydrogens (tertiary/aromatic N) is 2. The lowest BCUT2D eigenvalue weighted by Gasteiger charge is -2.14. The summed E-state index contributed by atoms with van der Waals surface area (Å²) in [6.45, 7) is 0. The summed E-state index contributed by atoms with van der Waals surface area (Å²) in [5, 5.41) is 0.432. The maximum atomic E-state index is 5.89. The Morgan fingerprint density at radius 3 is 2.77 bits per heavy atom. The van der Waals surface area contributed by atoms with Crippen LogP contribution >= 0.6 is 39.7 Å². The predicted molar refractivity (Wildman–Crippen MR) is 62.3 cm³/mol. The summed E-state index contributed by atoms with van der Waals surface area (Å²) < 4.78 is 0.871. The van der Waals surface area contributed by atoms with E-state index in [1.165, 1.54) is 0 Å². The van der Waals surface area contributed by atoms with Crippen molar-refractivity contribution >= 4 is 44.7 Å².